The molecule has 1 nitrogen and oxygen atoms in total. The molecule has 0 aromatic heterocycles. The molecule has 1 unspecified atom stereocenters. The fraction of sp³-hybridized carbons (Fsp3) is 0.933. The normalized spacial score (nSPS) is 55.2. The van der Waals surface area contributed by atoms with E-state index < -0.39 is 0 Å². The van der Waals surface area contributed by atoms with Crippen LogP contribution in [-0.4, -0.2) is 11.2 Å². The van der Waals surface area contributed by atoms with E-state index in [1.54, 1.807) is 0 Å². The summed E-state index contributed by atoms with van der Waals surface area (Å²) >= 11 is 0. The predicted molar refractivity (Wildman–Crippen MR) is 131 cm³/mol. The number of hydrogen-bond donors (Lipinski definition) is 1. The third-order valence-corrected chi connectivity index (χ3v) is 13.0. The molecule has 0 bridgehead atoms. The van der Waals surface area contributed by atoms with Gasteiger partial charge < -0.3 is 5.11 Å². The van der Waals surface area contributed by atoms with Gasteiger partial charge in [-0.3, -0.25) is 0 Å². The van der Waals surface area contributed by atoms with E-state index in [9.17, 15) is 5.11 Å². The highest BCUT2D eigenvalue weighted by Crippen LogP contribution is 2.75. The number of rotatable bonds is 0. The molecule has 1 heteroatoms. The summed E-state index contributed by atoms with van der Waals surface area (Å²) in [6.45, 7) is 20.5. The minimum Gasteiger partial charge on any atom is -0.393 e. The van der Waals surface area contributed by atoms with Crippen LogP contribution in [0.1, 0.15) is 120 Å². The van der Waals surface area contributed by atoms with E-state index in [1.165, 1.54) is 57.8 Å². The molecule has 8 atom stereocenters. The van der Waals surface area contributed by atoms with Crippen molar-refractivity contribution in [2.45, 2.75) is 126 Å². The Labute approximate surface area is 192 Å². The molecular weight excluding hydrogens is 376 g/mol. The summed E-state index contributed by atoms with van der Waals surface area (Å²) in [7, 11) is 0. The molecule has 0 heterocycles. The third kappa shape index (κ3) is 2.77. The van der Waals surface area contributed by atoms with Gasteiger partial charge in [-0.05, 0) is 114 Å². The first kappa shape index (κ1) is 22.5. The van der Waals surface area contributed by atoms with Gasteiger partial charge in [0.2, 0.25) is 0 Å². The second-order valence-corrected chi connectivity index (χ2v) is 15.2. The monoisotopic (exact) mass is 426 g/mol. The third-order valence-electron chi connectivity index (χ3n) is 13.0. The van der Waals surface area contributed by atoms with Crippen molar-refractivity contribution in [3.63, 3.8) is 0 Å². The lowest BCUT2D eigenvalue weighted by Crippen LogP contribution is -2.63. The molecule has 5 rings (SSSR count). The second-order valence-electron chi connectivity index (χ2n) is 15.2. The highest BCUT2D eigenvalue weighted by molar-refractivity contribution is 5.33. The zero-order valence-corrected chi connectivity index (χ0v) is 21.9. The lowest BCUT2D eigenvalue weighted by Gasteiger charge is -2.71. The van der Waals surface area contributed by atoms with E-state index in [0.29, 0.717) is 33.0 Å². The summed E-state index contributed by atoms with van der Waals surface area (Å²) in [5, 5.41) is 10.9. The topological polar surface area (TPSA) is 20.2 Å². The maximum absolute atomic E-state index is 10.9. The maximum atomic E-state index is 10.9. The van der Waals surface area contributed by atoms with Crippen molar-refractivity contribution in [1.82, 2.24) is 0 Å². The molecule has 0 saturated heterocycles. The fourth-order valence-corrected chi connectivity index (χ4v) is 10.5. The molecule has 0 aromatic rings. The van der Waals surface area contributed by atoms with E-state index in [1.807, 2.05) is 5.57 Å². The van der Waals surface area contributed by atoms with E-state index in [2.05, 4.69) is 61.5 Å². The van der Waals surface area contributed by atoms with Crippen molar-refractivity contribution in [3.8, 4) is 0 Å². The summed E-state index contributed by atoms with van der Waals surface area (Å²) in [5.41, 5.74) is 4.12. The quantitative estimate of drug-likeness (QED) is 0.387. The first-order valence-electron chi connectivity index (χ1n) is 13.6. The standard InChI is InChI=1S/C30H50O/c1-25(2)15-16-27(5)17-18-29(7)21-9-10-22-26(3,4)24(31)12-13-28(22,6)20(21)11-14-30(29,8)23(27)19-25/h9,20,22-24,31H,10-19H2,1-8H3/t20-,22?,23+,24-,27+,28+,29+,30-/m0/s1. The Kier molecular flexibility index (Phi) is 4.66. The van der Waals surface area contributed by atoms with Crippen molar-refractivity contribution in [1.29, 1.82) is 0 Å². The molecule has 5 aliphatic carbocycles. The summed E-state index contributed by atoms with van der Waals surface area (Å²) in [4.78, 5) is 0. The van der Waals surface area contributed by atoms with Crippen LogP contribution in [0.5, 0.6) is 0 Å². The van der Waals surface area contributed by atoms with Gasteiger partial charge in [0.05, 0.1) is 6.10 Å². The number of fused-ring (bicyclic) bond motifs is 7. The molecule has 0 radical (unpaired) electrons. The van der Waals surface area contributed by atoms with Crippen LogP contribution in [0.15, 0.2) is 11.6 Å². The number of aliphatic hydroxyl groups excluding tert-OH is 1. The minimum atomic E-state index is -0.134. The lowest BCUT2D eigenvalue weighted by molar-refractivity contribution is -0.178. The van der Waals surface area contributed by atoms with Gasteiger partial charge in [-0.1, -0.05) is 67.0 Å². The largest absolute Gasteiger partial charge is 0.393 e. The summed E-state index contributed by atoms with van der Waals surface area (Å²) in [5.74, 6) is 2.21. The Hall–Kier alpha value is -0.300. The van der Waals surface area contributed by atoms with Gasteiger partial charge in [0, 0.05) is 0 Å². The smallest absolute Gasteiger partial charge is 0.0594 e. The minimum absolute atomic E-state index is 0.0369. The molecule has 0 aromatic carbocycles. The molecule has 4 saturated carbocycles. The molecule has 0 amide bonds. The van der Waals surface area contributed by atoms with Gasteiger partial charge in [-0.15, -0.1) is 0 Å². The summed E-state index contributed by atoms with van der Waals surface area (Å²) in [6.07, 6.45) is 15.9. The van der Waals surface area contributed by atoms with Crippen molar-refractivity contribution in [3.05, 3.63) is 11.6 Å². The van der Waals surface area contributed by atoms with Crippen molar-refractivity contribution in [2.75, 3.05) is 0 Å². The molecule has 1 N–H and O–H groups in total. The van der Waals surface area contributed by atoms with Crippen LogP contribution in [0.4, 0.5) is 0 Å². The molecule has 5 aliphatic rings. The van der Waals surface area contributed by atoms with Crippen molar-refractivity contribution < 1.29 is 5.11 Å². The van der Waals surface area contributed by atoms with Crippen LogP contribution in [0.3, 0.4) is 0 Å². The number of allylic oxidation sites excluding steroid dienone is 2. The molecule has 4 fully saturated rings. The fourth-order valence-electron chi connectivity index (χ4n) is 10.5. The zero-order chi connectivity index (χ0) is 22.7. The van der Waals surface area contributed by atoms with Crippen molar-refractivity contribution in [2.24, 2.45) is 50.2 Å². The second kappa shape index (κ2) is 6.43. The first-order valence-corrected chi connectivity index (χ1v) is 13.6. The van der Waals surface area contributed by atoms with Crippen LogP contribution in [0, 0.1) is 50.2 Å². The van der Waals surface area contributed by atoms with E-state index in [-0.39, 0.29) is 11.5 Å². The van der Waals surface area contributed by atoms with Gasteiger partial charge in [0.25, 0.3) is 0 Å². The highest BCUT2D eigenvalue weighted by Gasteiger charge is 2.67. The van der Waals surface area contributed by atoms with E-state index in [0.717, 1.165) is 18.3 Å². The zero-order valence-electron chi connectivity index (χ0n) is 21.9. The highest BCUT2D eigenvalue weighted by atomic mass is 16.3. The summed E-state index contributed by atoms with van der Waals surface area (Å²) < 4.78 is 0. The maximum Gasteiger partial charge on any atom is 0.0594 e. The van der Waals surface area contributed by atoms with E-state index in [4.69, 9.17) is 0 Å². The van der Waals surface area contributed by atoms with E-state index >= 15 is 0 Å². The first-order chi connectivity index (χ1) is 14.2. The lowest BCUT2D eigenvalue weighted by atomic mass is 9.34. The molecule has 0 spiro atoms. The van der Waals surface area contributed by atoms with Crippen LogP contribution >= 0.6 is 0 Å². The average molecular weight is 427 g/mol. The Morgan fingerprint density at radius 1 is 0.774 bits per heavy atom. The Balaban J connectivity index is 1.57. The van der Waals surface area contributed by atoms with Crippen LogP contribution < -0.4 is 0 Å². The predicted octanol–water partition coefficient (Wildman–Crippen LogP) is 8.17. The molecule has 31 heavy (non-hydrogen) atoms. The molecular formula is C30H50O. The Morgan fingerprint density at radius 2 is 1.45 bits per heavy atom. The van der Waals surface area contributed by atoms with Gasteiger partial charge in [0.1, 0.15) is 0 Å². The van der Waals surface area contributed by atoms with Gasteiger partial charge in [0.15, 0.2) is 0 Å². The van der Waals surface area contributed by atoms with Gasteiger partial charge >= 0.3 is 0 Å². The van der Waals surface area contributed by atoms with Crippen LogP contribution in [0.2, 0.25) is 0 Å². The van der Waals surface area contributed by atoms with Gasteiger partial charge in [-0.2, -0.15) is 0 Å². The number of aliphatic hydroxyl groups is 1. The van der Waals surface area contributed by atoms with Gasteiger partial charge in [-0.25, -0.2) is 0 Å². The molecule has 176 valence electrons. The average Bonchev–Trinajstić information content (AvgIpc) is 2.68. The Morgan fingerprint density at radius 3 is 2.16 bits per heavy atom. The van der Waals surface area contributed by atoms with Crippen molar-refractivity contribution >= 4 is 0 Å². The SMILES string of the molecule is CC1(C)CC[C@]2(C)CC[C@]3(C)C4=CCC5C(C)(C)[C@@H](O)CC[C@]5(C)[C@H]4CC[C@@]3(C)[C@@H]2C1. The van der Waals surface area contributed by atoms with Crippen LogP contribution in [0.25, 0.3) is 0 Å². The molecule has 0 aliphatic heterocycles. The van der Waals surface area contributed by atoms with Crippen LogP contribution in [-0.2, 0) is 0 Å². The number of hydrogen-bond acceptors (Lipinski definition) is 1. The Bertz CT molecular complexity index is 790. The summed E-state index contributed by atoms with van der Waals surface area (Å²) in [6, 6.07) is 0.